The summed E-state index contributed by atoms with van der Waals surface area (Å²) in [5.74, 6) is 1.27. The SMILES string of the molecule is Cn1cc([N+](=O)[O-])nc1C1CC1. The Morgan fingerprint density at radius 2 is 2.42 bits per heavy atom. The van der Waals surface area contributed by atoms with Crippen molar-refractivity contribution in [2.75, 3.05) is 0 Å². The van der Waals surface area contributed by atoms with Crippen molar-refractivity contribution in [3.8, 4) is 0 Å². The molecule has 0 saturated heterocycles. The zero-order chi connectivity index (χ0) is 8.72. The Morgan fingerprint density at radius 1 is 1.75 bits per heavy atom. The van der Waals surface area contributed by atoms with E-state index in [2.05, 4.69) is 4.98 Å². The van der Waals surface area contributed by atoms with Crippen LogP contribution in [-0.4, -0.2) is 14.5 Å². The van der Waals surface area contributed by atoms with Crippen molar-refractivity contribution >= 4 is 5.82 Å². The van der Waals surface area contributed by atoms with Crippen LogP contribution in [0.25, 0.3) is 0 Å². The molecule has 0 aliphatic heterocycles. The Labute approximate surface area is 69.2 Å². The zero-order valence-corrected chi connectivity index (χ0v) is 6.73. The van der Waals surface area contributed by atoms with Gasteiger partial charge in [0.05, 0.1) is 0 Å². The van der Waals surface area contributed by atoms with Gasteiger partial charge in [-0.1, -0.05) is 0 Å². The maximum absolute atomic E-state index is 10.3. The number of rotatable bonds is 2. The first-order chi connectivity index (χ1) is 5.68. The fourth-order valence-corrected chi connectivity index (χ4v) is 1.27. The highest BCUT2D eigenvalue weighted by Crippen LogP contribution is 2.39. The summed E-state index contributed by atoms with van der Waals surface area (Å²) in [6.45, 7) is 0. The summed E-state index contributed by atoms with van der Waals surface area (Å²) in [4.78, 5) is 13.8. The second-order valence-corrected chi connectivity index (χ2v) is 3.10. The molecule has 0 N–H and O–H groups in total. The maximum atomic E-state index is 10.3. The molecule has 5 heteroatoms. The van der Waals surface area contributed by atoms with Crippen LogP contribution in [-0.2, 0) is 7.05 Å². The Kier molecular flexibility index (Phi) is 1.39. The summed E-state index contributed by atoms with van der Waals surface area (Å²) in [5.41, 5.74) is 0. The molecule has 12 heavy (non-hydrogen) atoms. The molecule has 0 bridgehead atoms. The van der Waals surface area contributed by atoms with Crippen molar-refractivity contribution in [3.63, 3.8) is 0 Å². The smallest absolute Gasteiger partial charge is 0.358 e. The van der Waals surface area contributed by atoms with Crippen LogP contribution in [0.2, 0.25) is 0 Å². The van der Waals surface area contributed by atoms with Gasteiger partial charge in [0.25, 0.3) is 0 Å². The minimum absolute atomic E-state index is 0.0422. The third-order valence-electron chi connectivity index (χ3n) is 2.03. The predicted octanol–water partition coefficient (Wildman–Crippen LogP) is 1.21. The molecule has 0 aromatic carbocycles. The van der Waals surface area contributed by atoms with E-state index in [9.17, 15) is 10.1 Å². The van der Waals surface area contributed by atoms with Gasteiger partial charge >= 0.3 is 5.82 Å². The van der Waals surface area contributed by atoms with E-state index in [1.54, 1.807) is 11.6 Å². The van der Waals surface area contributed by atoms with Crippen molar-refractivity contribution in [2.45, 2.75) is 18.8 Å². The predicted molar refractivity (Wildman–Crippen MR) is 41.8 cm³/mol. The van der Waals surface area contributed by atoms with Crippen molar-refractivity contribution in [3.05, 3.63) is 22.1 Å². The van der Waals surface area contributed by atoms with Gasteiger partial charge in [0.2, 0.25) is 5.82 Å². The van der Waals surface area contributed by atoms with Crippen LogP contribution in [0.4, 0.5) is 5.82 Å². The van der Waals surface area contributed by atoms with Gasteiger partial charge in [0.1, 0.15) is 6.20 Å². The summed E-state index contributed by atoms with van der Waals surface area (Å²) in [6.07, 6.45) is 3.69. The Balaban J connectivity index is 2.36. The van der Waals surface area contributed by atoms with Gasteiger partial charge in [-0.3, -0.25) is 0 Å². The number of nitro groups is 1. The lowest BCUT2D eigenvalue weighted by molar-refractivity contribution is -0.389. The van der Waals surface area contributed by atoms with E-state index in [-0.39, 0.29) is 5.82 Å². The lowest BCUT2D eigenvalue weighted by atomic mass is 10.4. The van der Waals surface area contributed by atoms with Crippen LogP contribution >= 0.6 is 0 Å². The molecule has 1 aliphatic rings. The van der Waals surface area contributed by atoms with Crippen molar-refractivity contribution in [1.29, 1.82) is 0 Å². The van der Waals surface area contributed by atoms with Crippen molar-refractivity contribution in [2.24, 2.45) is 7.05 Å². The van der Waals surface area contributed by atoms with E-state index in [1.807, 2.05) is 0 Å². The quantitative estimate of drug-likeness (QED) is 0.491. The van der Waals surface area contributed by atoms with E-state index in [0.717, 1.165) is 18.7 Å². The van der Waals surface area contributed by atoms with Crippen LogP contribution in [0.15, 0.2) is 6.20 Å². The van der Waals surface area contributed by atoms with E-state index in [4.69, 9.17) is 0 Å². The molecule has 0 spiro atoms. The summed E-state index contributed by atoms with van der Waals surface area (Å²) >= 11 is 0. The topological polar surface area (TPSA) is 61.0 Å². The molecule has 1 heterocycles. The van der Waals surface area contributed by atoms with Gasteiger partial charge in [-0.15, -0.1) is 0 Å². The lowest BCUT2D eigenvalue weighted by Crippen LogP contribution is -1.93. The molecule has 1 saturated carbocycles. The van der Waals surface area contributed by atoms with E-state index in [1.165, 1.54) is 6.20 Å². The Bertz CT molecular complexity index is 327. The summed E-state index contributed by atoms with van der Waals surface area (Å²) in [5, 5.41) is 10.3. The molecule has 2 rings (SSSR count). The van der Waals surface area contributed by atoms with Gasteiger partial charge < -0.3 is 14.7 Å². The minimum atomic E-state index is -0.453. The number of aromatic nitrogens is 2. The zero-order valence-electron chi connectivity index (χ0n) is 6.73. The molecule has 1 aromatic rings. The first-order valence-electron chi connectivity index (χ1n) is 3.86. The number of aryl methyl sites for hydroxylation is 1. The molecule has 0 atom stereocenters. The number of imidazole rings is 1. The summed E-state index contributed by atoms with van der Waals surface area (Å²) < 4.78 is 1.75. The van der Waals surface area contributed by atoms with Gasteiger partial charge in [-0.25, -0.2) is 0 Å². The van der Waals surface area contributed by atoms with E-state index in [0.29, 0.717) is 5.92 Å². The molecule has 0 radical (unpaired) electrons. The molecule has 1 aromatic heterocycles. The lowest BCUT2D eigenvalue weighted by Gasteiger charge is -1.88. The Morgan fingerprint density at radius 3 is 2.83 bits per heavy atom. The molecule has 1 aliphatic carbocycles. The highest BCUT2D eigenvalue weighted by atomic mass is 16.6. The van der Waals surface area contributed by atoms with Crippen LogP contribution in [0.1, 0.15) is 24.6 Å². The molecular weight excluding hydrogens is 158 g/mol. The fourth-order valence-electron chi connectivity index (χ4n) is 1.27. The molecule has 1 fully saturated rings. The van der Waals surface area contributed by atoms with Crippen LogP contribution in [0, 0.1) is 10.1 Å². The molecular formula is C7H9N3O2. The maximum Gasteiger partial charge on any atom is 0.381 e. The van der Waals surface area contributed by atoms with Crippen molar-refractivity contribution in [1.82, 2.24) is 9.55 Å². The minimum Gasteiger partial charge on any atom is -0.358 e. The summed E-state index contributed by atoms with van der Waals surface area (Å²) in [6, 6.07) is 0. The summed E-state index contributed by atoms with van der Waals surface area (Å²) in [7, 11) is 1.80. The van der Waals surface area contributed by atoms with Crippen LogP contribution in [0.3, 0.4) is 0 Å². The number of hydrogen-bond acceptors (Lipinski definition) is 3. The highest BCUT2D eigenvalue weighted by Gasteiger charge is 2.33. The first kappa shape index (κ1) is 7.27. The van der Waals surface area contributed by atoms with Gasteiger partial charge in [0, 0.05) is 13.0 Å². The van der Waals surface area contributed by atoms with E-state index >= 15 is 0 Å². The first-order valence-corrected chi connectivity index (χ1v) is 3.86. The highest BCUT2D eigenvalue weighted by molar-refractivity contribution is 5.21. The van der Waals surface area contributed by atoms with Gasteiger partial charge in [0.15, 0.2) is 0 Å². The molecule has 0 unspecified atom stereocenters. The third kappa shape index (κ3) is 1.07. The monoisotopic (exact) mass is 167 g/mol. The number of nitrogens with zero attached hydrogens (tertiary/aromatic N) is 3. The average Bonchev–Trinajstić information content (AvgIpc) is 2.75. The molecule has 64 valence electrons. The van der Waals surface area contributed by atoms with E-state index < -0.39 is 4.92 Å². The third-order valence-corrected chi connectivity index (χ3v) is 2.03. The standard InChI is InChI=1S/C7H9N3O2/c1-9-4-6(10(11)12)8-7(9)5-2-3-5/h4-5H,2-3H2,1H3. The second-order valence-electron chi connectivity index (χ2n) is 3.10. The fraction of sp³-hybridized carbons (Fsp3) is 0.571. The van der Waals surface area contributed by atoms with Gasteiger partial charge in [-0.2, -0.15) is 0 Å². The average molecular weight is 167 g/mol. The van der Waals surface area contributed by atoms with Gasteiger partial charge in [-0.05, 0) is 22.7 Å². The Hall–Kier alpha value is -1.39. The molecule has 5 nitrogen and oxygen atoms in total. The largest absolute Gasteiger partial charge is 0.381 e. The van der Waals surface area contributed by atoms with Crippen LogP contribution in [0.5, 0.6) is 0 Å². The normalized spacial score (nSPS) is 16.4. The second kappa shape index (κ2) is 2.30. The molecule has 0 amide bonds. The van der Waals surface area contributed by atoms with Crippen molar-refractivity contribution < 1.29 is 4.92 Å². The van der Waals surface area contributed by atoms with Crippen LogP contribution < -0.4 is 0 Å². The number of hydrogen-bond donors (Lipinski definition) is 0.